The smallest absolute Gasteiger partial charge is 0.225 e. The Kier molecular flexibility index (Phi) is 3.53. The van der Waals surface area contributed by atoms with E-state index in [1.54, 1.807) is 0 Å². The van der Waals surface area contributed by atoms with E-state index in [0.29, 0.717) is 18.4 Å². The van der Waals surface area contributed by atoms with Crippen LogP contribution < -0.4 is 5.73 Å². The van der Waals surface area contributed by atoms with Gasteiger partial charge in [-0.25, -0.2) is 0 Å². The van der Waals surface area contributed by atoms with Crippen molar-refractivity contribution in [3.05, 3.63) is 0 Å². The molecule has 0 bridgehead atoms. The van der Waals surface area contributed by atoms with Crippen LogP contribution in [0.2, 0.25) is 0 Å². The van der Waals surface area contributed by atoms with Gasteiger partial charge in [-0.3, -0.25) is 4.79 Å². The van der Waals surface area contributed by atoms with E-state index < -0.39 is 0 Å². The van der Waals surface area contributed by atoms with Crippen molar-refractivity contribution in [2.24, 2.45) is 17.1 Å². The van der Waals surface area contributed by atoms with Crippen molar-refractivity contribution >= 4 is 5.91 Å². The van der Waals surface area contributed by atoms with E-state index in [9.17, 15) is 4.79 Å². The Morgan fingerprint density at radius 3 is 2.62 bits per heavy atom. The molecule has 1 unspecified atom stereocenters. The molecule has 1 saturated carbocycles. The molecule has 0 radical (unpaired) electrons. The third kappa shape index (κ3) is 2.40. The van der Waals surface area contributed by atoms with E-state index in [0.717, 1.165) is 32.4 Å². The Morgan fingerprint density at radius 1 is 1.38 bits per heavy atom. The lowest BCUT2D eigenvalue weighted by Gasteiger charge is -2.28. The highest BCUT2D eigenvalue weighted by Crippen LogP contribution is 2.32. The molecule has 2 rings (SSSR count). The Labute approximate surface area is 98.4 Å². The van der Waals surface area contributed by atoms with E-state index in [1.807, 2.05) is 0 Å². The summed E-state index contributed by atoms with van der Waals surface area (Å²) in [7, 11) is 0. The van der Waals surface area contributed by atoms with Crippen LogP contribution >= 0.6 is 0 Å². The van der Waals surface area contributed by atoms with Gasteiger partial charge in [0.2, 0.25) is 5.91 Å². The standard InChI is InChI=1S/C13H24N2O/c1-13(9-14)7-8-15(10-13)12(16)11-5-3-2-4-6-11/h11H,2-10,14H2,1H3. The number of nitrogens with two attached hydrogens (primary N) is 1. The highest BCUT2D eigenvalue weighted by Gasteiger charge is 2.37. The number of likely N-dealkylation sites (tertiary alicyclic amines) is 1. The fraction of sp³-hybridized carbons (Fsp3) is 0.923. The first-order chi connectivity index (χ1) is 7.64. The SMILES string of the molecule is CC1(CN)CCN(C(=O)C2CCCCC2)C1. The molecule has 16 heavy (non-hydrogen) atoms. The molecule has 1 aliphatic carbocycles. The second-order valence-electron chi connectivity index (χ2n) is 5.86. The molecule has 1 aliphatic heterocycles. The summed E-state index contributed by atoms with van der Waals surface area (Å²) in [4.78, 5) is 14.3. The molecule has 2 N–H and O–H groups in total. The van der Waals surface area contributed by atoms with Crippen molar-refractivity contribution in [1.29, 1.82) is 0 Å². The van der Waals surface area contributed by atoms with Crippen LogP contribution in [0.15, 0.2) is 0 Å². The minimum Gasteiger partial charge on any atom is -0.342 e. The van der Waals surface area contributed by atoms with E-state index in [1.165, 1.54) is 19.3 Å². The first kappa shape index (κ1) is 11.9. The van der Waals surface area contributed by atoms with Gasteiger partial charge in [-0.1, -0.05) is 26.2 Å². The van der Waals surface area contributed by atoms with Crippen LogP contribution in [0.5, 0.6) is 0 Å². The molecule has 2 aliphatic rings. The van der Waals surface area contributed by atoms with E-state index in [-0.39, 0.29) is 5.41 Å². The largest absolute Gasteiger partial charge is 0.342 e. The molecular formula is C13H24N2O. The monoisotopic (exact) mass is 224 g/mol. The van der Waals surface area contributed by atoms with E-state index in [2.05, 4.69) is 11.8 Å². The minimum absolute atomic E-state index is 0.171. The fourth-order valence-corrected chi connectivity index (χ4v) is 2.99. The maximum absolute atomic E-state index is 12.3. The predicted octanol–water partition coefficient (Wildman–Crippen LogP) is 1.76. The van der Waals surface area contributed by atoms with Crippen LogP contribution in [0.25, 0.3) is 0 Å². The third-order valence-electron chi connectivity index (χ3n) is 4.32. The van der Waals surface area contributed by atoms with Gasteiger partial charge in [0, 0.05) is 19.0 Å². The fourth-order valence-electron chi connectivity index (χ4n) is 2.99. The average Bonchev–Trinajstić information content (AvgIpc) is 2.73. The number of hydrogen-bond acceptors (Lipinski definition) is 2. The first-order valence-electron chi connectivity index (χ1n) is 6.63. The van der Waals surface area contributed by atoms with Crippen molar-refractivity contribution < 1.29 is 4.79 Å². The van der Waals surface area contributed by atoms with Crippen molar-refractivity contribution in [2.45, 2.75) is 45.4 Å². The van der Waals surface area contributed by atoms with Gasteiger partial charge in [0.1, 0.15) is 0 Å². The summed E-state index contributed by atoms with van der Waals surface area (Å²) in [5, 5.41) is 0. The summed E-state index contributed by atoms with van der Waals surface area (Å²) in [6, 6.07) is 0. The van der Waals surface area contributed by atoms with Gasteiger partial charge < -0.3 is 10.6 Å². The Hall–Kier alpha value is -0.570. The molecule has 2 fully saturated rings. The van der Waals surface area contributed by atoms with Crippen molar-refractivity contribution in [3.8, 4) is 0 Å². The van der Waals surface area contributed by atoms with Gasteiger partial charge in [-0.2, -0.15) is 0 Å². The van der Waals surface area contributed by atoms with Gasteiger partial charge in [-0.05, 0) is 31.2 Å². The maximum Gasteiger partial charge on any atom is 0.225 e. The maximum atomic E-state index is 12.3. The predicted molar refractivity (Wildman–Crippen MR) is 64.9 cm³/mol. The molecule has 3 nitrogen and oxygen atoms in total. The normalized spacial score (nSPS) is 32.0. The molecule has 1 heterocycles. The van der Waals surface area contributed by atoms with E-state index >= 15 is 0 Å². The lowest BCUT2D eigenvalue weighted by Crippen LogP contribution is -2.38. The lowest BCUT2D eigenvalue weighted by molar-refractivity contribution is -0.135. The van der Waals surface area contributed by atoms with Gasteiger partial charge in [0.25, 0.3) is 0 Å². The van der Waals surface area contributed by atoms with Crippen LogP contribution in [0.4, 0.5) is 0 Å². The van der Waals surface area contributed by atoms with Gasteiger partial charge >= 0.3 is 0 Å². The van der Waals surface area contributed by atoms with Gasteiger partial charge in [-0.15, -0.1) is 0 Å². The van der Waals surface area contributed by atoms with E-state index in [4.69, 9.17) is 5.73 Å². The van der Waals surface area contributed by atoms with Gasteiger partial charge in [0.15, 0.2) is 0 Å². The molecular weight excluding hydrogens is 200 g/mol. The number of carbonyl (C=O) groups excluding carboxylic acids is 1. The Balaban J connectivity index is 1.91. The van der Waals surface area contributed by atoms with Crippen LogP contribution in [-0.4, -0.2) is 30.4 Å². The van der Waals surface area contributed by atoms with Crippen LogP contribution in [0.3, 0.4) is 0 Å². The minimum atomic E-state index is 0.171. The zero-order valence-electron chi connectivity index (χ0n) is 10.4. The van der Waals surface area contributed by atoms with Crippen molar-refractivity contribution in [3.63, 3.8) is 0 Å². The molecule has 1 atom stereocenters. The third-order valence-corrected chi connectivity index (χ3v) is 4.32. The molecule has 1 saturated heterocycles. The van der Waals surface area contributed by atoms with Crippen LogP contribution in [-0.2, 0) is 4.79 Å². The zero-order valence-corrected chi connectivity index (χ0v) is 10.4. The quantitative estimate of drug-likeness (QED) is 0.777. The molecule has 0 aromatic rings. The molecule has 0 spiro atoms. The molecule has 92 valence electrons. The summed E-state index contributed by atoms with van der Waals surface area (Å²) in [5.74, 6) is 0.714. The number of nitrogens with zero attached hydrogens (tertiary/aromatic N) is 1. The molecule has 0 aromatic carbocycles. The van der Waals surface area contributed by atoms with Gasteiger partial charge in [0.05, 0.1) is 0 Å². The molecule has 0 aromatic heterocycles. The van der Waals surface area contributed by atoms with Crippen molar-refractivity contribution in [2.75, 3.05) is 19.6 Å². The summed E-state index contributed by atoms with van der Waals surface area (Å²) in [6.07, 6.45) is 7.06. The molecule has 1 amide bonds. The highest BCUT2D eigenvalue weighted by molar-refractivity contribution is 5.79. The second kappa shape index (κ2) is 4.74. The summed E-state index contributed by atoms with van der Waals surface area (Å²) < 4.78 is 0. The summed E-state index contributed by atoms with van der Waals surface area (Å²) in [6.45, 7) is 4.68. The topological polar surface area (TPSA) is 46.3 Å². The number of rotatable bonds is 2. The molecule has 3 heteroatoms. The average molecular weight is 224 g/mol. The lowest BCUT2D eigenvalue weighted by atomic mass is 9.88. The Morgan fingerprint density at radius 2 is 2.06 bits per heavy atom. The zero-order chi connectivity index (χ0) is 11.6. The Bertz CT molecular complexity index is 261. The number of hydrogen-bond donors (Lipinski definition) is 1. The number of carbonyl (C=O) groups is 1. The summed E-state index contributed by atoms with van der Waals surface area (Å²) in [5.41, 5.74) is 5.94. The van der Waals surface area contributed by atoms with Crippen molar-refractivity contribution in [1.82, 2.24) is 4.90 Å². The van der Waals surface area contributed by atoms with Crippen LogP contribution in [0, 0.1) is 11.3 Å². The second-order valence-corrected chi connectivity index (χ2v) is 5.86. The van der Waals surface area contributed by atoms with Crippen LogP contribution in [0.1, 0.15) is 45.4 Å². The number of amides is 1. The highest BCUT2D eigenvalue weighted by atomic mass is 16.2. The first-order valence-corrected chi connectivity index (χ1v) is 6.63. The summed E-state index contributed by atoms with van der Waals surface area (Å²) >= 11 is 0.